The molecule has 0 spiro atoms. The number of carbonyl (C=O) groups excluding carboxylic acids is 1. The molecule has 0 radical (unpaired) electrons. The predicted molar refractivity (Wildman–Crippen MR) is 85.1 cm³/mol. The second-order valence-corrected chi connectivity index (χ2v) is 8.80. The molecule has 9 heteroatoms. The summed E-state index contributed by atoms with van der Waals surface area (Å²) in [5.74, 6) is -0.228. The van der Waals surface area contributed by atoms with Gasteiger partial charge in [0.1, 0.15) is 5.60 Å². The zero-order chi connectivity index (χ0) is 17.3. The predicted octanol–water partition coefficient (Wildman–Crippen LogP) is 2.30. The Labute approximate surface area is 140 Å². The van der Waals surface area contributed by atoms with Gasteiger partial charge in [0, 0.05) is 12.6 Å². The molecule has 1 saturated heterocycles. The molecule has 0 saturated carbocycles. The van der Waals surface area contributed by atoms with Crippen LogP contribution in [0.5, 0.6) is 0 Å². The average molecular weight is 362 g/mol. The number of carbonyl (C=O) groups is 1. The molecule has 1 aliphatic heterocycles. The maximum Gasteiger partial charge on any atom is 0.410 e. The Kier molecular flexibility index (Phi) is 5.15. The molecule has 1 fully saturated rings. The van der Waals surface area contributed by atoms with Crippen molar-refractivity contribution in [3.05, 3.63) is 17.4 Å². The van der Waals surface area contributed by atoms with E-state index in [4.69, 9.17) is 16.3 Å². The molecular formula is C14H20ClN3O4S. The first kappa shape index (κ1) is 17.9. The van der Waals surface area contributed by atoms with Gasteiger partial charge in [-0.25, -0.2) is 23.2 Å². The van der Waals surface area contributed by atoms with Crippen molar-refractivity contribution in [1.82, 2.24) is 14.9 Å². The lowest BCUT2D eigenvalue weighted by Crippen LogP contribution is -2.42. The number of rotatable bonds is 3. The van der Waals surface area contributed by atoms with Gasteiger partial charge in [0.15, 0.2) is 0 Å². The fourth-order valence-corrected chi connectivity index (χ4v) is 3.89. The van der Waals surface area contributed by atoms with E-state index >= 15 is 0 Å². The van der Waals surface area contributed by atoms with Crippen LogP contribution in [0.15, 0.2) is 17.6 Å². The first-order valence-corrected chi connectivity index (χ1v) is 9.31. The molecule has 0 N–H and O–H groups in total. The Balaban J connectivity index is 2.11. The SMILES string of the molecule is CC(C)(C)OC(=O)N1CCCC1CS(=O)(=O)c1ncc(Cl)cn1. The fraction of sp³-hybridized carbons (Fsp3) is 0.643. The Morgan fingerprint density at radius 3 is 2.57 bits per heavy atom. The number of ether oxygens (including phenoxy) is 1. The Morgan fingerprint density at radius 2 is 2.00 bits per heavy atom. The highest BCUT2D eigenvalue weighted by atomic mass is 35.5. The van der Waals surface area contributed by atoms with Gasteiger partial charge in [-0.2, -0.15) is 0 Å². The molecule has 0 bridgehead atoms. The van der Waals surface area contributed by atoms with Crippen molar-refractivity contribution in [3.8, 4) is 0 Å². The lowest BCUT2D eigenvalue weighted by molar-refractivity contribution is 0.0241. The summed E-state index contributed by atoms with van der Waals surface area (Å²) < 4.78 is 30.1. The van der Waals surface area contributed by atoms with Crippen molar-refractivity contribution in [2.45, 2.75) is 50.4 Å². The van der Waals surface area contributed by atoms with Crippen LogP contribution >= 0.6 is 11.6 Å². The van der Waals surface area contributed by atoms with Crippen LogP contribution in [0.2, 0.25) is 5.02 Å². The largest absolute Gasteiger partial charge is 0.444 e. The highest BCUT2D eigenvalue weighted by Crippen LogP contribution is 2.23. The lowest BCUT2D eigenvalue weighted by atomic mass is 10.2. The van der Waals surface area contributed by atoms with Crippen LogP contribution in [-0.2, 0) is 14.6 Å². The second-order valence-electron chi connectivity index (χ2n) is 6.44. The Bertz CT molecular complexity index is 670. The van der Waals surface area contributed by atoms with Crippen molar-refractivity contribution in [2.75, 3.05) is 12.3 Å². The van der Waals surface area contributed by atoms with Crippen LogP contribution in [0.1, 0.15) is 33.6 Å². The summed E-state index contributed by atoms with van der Waals surface area (Å²) >= 11 is 5.67. The quantitative estimate of drug-likeness (QED) is 0.767. The van der Waals surface area contributed by atoms with Gasteiger partial charge in [-0.05, 0) is 33.6 Å². The molecule has 1 atom stereocenters. The minimum absolute atomic E-state index is 0.228. The molecular weight excluding hydrogens is 342 g/mol. The zero-order valence-corrected chi connectivity index (χ0v) is 14.9. The number of aromatic nitrogens is 2. The van der Waals surface area contributed by atoms with Crippen molar-refractivity contribution < 1.29 is 17.9 Å². The van der Waals surface area contributed by atoms with E-state index in [0.29, 0.717) is 13.0 Å². The molecule has 1 aliphatic rings. The Morgan fingerprint density at radius 1 is 1.39 bits per heavy atom. The summed E-state index contributed by atoms with van der Waals surface area (Å²) in [5, 5.41) is -0.0156. The van der Waals surface area contributed by atoms with Gasteiger partial charge < -0.3 is 9.64 Å². The topological polar surface area (TPSA) is 89.5 Å². The van der Waals surface area contributed by atoms with Gasteiger partial charge in [-0.1, -0.05) is 11.6 Å². The minimum Gasteiger partial charge on any atom is -0.444 e. The molecule has 128 valence electrons. The van der Waals surface area contributed by atoms with Crippen LogP contribution in [0.3, 0.4) is 0 Å². The second kappa shape index (κ2) is 6.60. The van der Waals surface area contributed by atoms with Crippen molar-refractivity contribution in [2.24, 2.45) is 0 Å². The maximum atomic E-state index is 12.4. The van der Waals surface area contributed by atoms with E-state index in [2.05, 4.69) is 9.97 Å². The molecule has 23 heavy (non-hydrogen) atoms. The van der Waals surface area contributed by atoms with Crippen LogP contribution < -0.4 is 0 Å². The first-order chi connectivity index (χ1) is 10.6. The van der Waals surface area contributed by atoms with Gasteiger partial charge in [-0.3, -0.25) is 0 Å². The Hall–Kier alpha value is -1.41. The fourth-order valence-electron chi connectivity index (χ4n) is 2.36. The number of halogens is 1. The first-order valence-electron chi connectivity index (χ1n) is 7.28. The number of amides is 1. The highest BCUT2D eigenvalue weighted by Gasteiger charge is 2.36. The van der Waals surface area contributed by atoms with Gasteiger partial charge in [0.25, 0.3) is 0 Å². The van der Waals surface area contributed by atoms with E-state index in [1.54, 1.807) is 20.8 Å². The molecule has 0 aliphatic carbocycles. The van der Waals surface area contributed by atoms with Gasteiger partial charge in [0.05, 0.1) is 23.2 Å². The third kappa shape index (κ3) is 4.78. The monoisotopic (exact) mass is 361 g/mol. The van der Waals surface area contributed by atoms with E-state index < -0.39 is 27.6 Å². The number of likely N-dealkylation sites (tertiary alicyclic amines) is 1. The van der Waals surface area contributed by atoms with Crippen molar-refractivity contribution >= 4 is 27.5 Å². The van der Waals surface area contributed by atoms with E-state index in [-0.39, 0.29) is 15.9 Å². The van der Waals surface area contributed by atoms with E-state index in [1.165, 1.54) is 17.3 Å². The van der Waals surface area contributed by atoms with Crippen molar-refractivity contribution in [1.29, 1.82) is 0 Å². The molecule has 2 rings (SSSR count). The highest BCUT2D eigenvalue weighted by molar-refractivity contribution is 7.91. The smallest absolute Gasteiger partial charge is 0.410 e. The van der Waals surface area contributed by atoms with Crippen LogP contribution in [0, 0.1) is 0 Å². The van der Waals surface area contributed by atoms with E-state index in [0.717, 1.165) is 6.42 Å². The normalized spacial score (nSPS) is 19.0. The average Bonchev–Trinajstić information content (AvgIpc) is 2.84. The van der Waals surface area contributed by atoms with Crippen LogP contribution in [0.4, 0.5) is 4.79 Å². The van der Waals surface area contributed by atoms with Gasteiger partial charge in [-0.15, -0.1) is 0 Å². The zero-order valence-electron chi connectivity index (χ0n) is 13.3. The van der Waals surface area contributed by atoms with Crippen molar-refractivity contribution in [3.63, 3.8) is 0 Å². The summed E-state index contributed by atoms with van der Waals surface area (Å²) in [7, 11) is -3.70. The van der Waals surface area contributed by atoms with Crippen LogP contribution in [0.25, 0.3) is 0 Å². The summed E-state index contributed by atoms with van der Waals surface area (Å²) in [6.45, 7) is 5.80. The van der Waals surface area contributed by atoms with E-state index in [9.17, 15) is 13.2 Å². The molecule has 1 amide bonds. The number of hydrogen-bond donors (Lipinski definition) is 0. The molecule has 1 aromatic heterocycles. The lowest BCUT2D eigenvalue weighted by Gasteiger charge is -2.28. The molecule has 2 heterocycles. The van der Waals surface area contributed by atoms with Gasteiger partial charge >= 0.3 is 6.09 Å². The standard InChI is InChI=1S/C14H20ClN3O4S/c1-14(2,3)22-13(19)18-6-4-5-11(18)9-23(20,21)12-16-7-10(15)8-17-12/h7-8,11H,4-6,9H2,1-3H3. The summed E-state index contributed by atoms with van der Waals surface area (Å²) in [6, 6.07) is -0.436. The number of nitrogens with zero attached hydrogens (tertiary/aromatic N) is 3. The number of sulfone groups is 1. The molecule has 1 aromatic rings. The third-order valence-corrected chi connectivity index (χ3v) is 5.08. The number of hydrogen-bond acceptors (Lipinski definition) is 6. The van der Waals surface area contributed by atoms with Gasteiger partial charge in [0.2, 0.25) is 15.0 Å². The molecule has 1 unspecified atom stereocenters. The van der Waals surface area contributed by atoms with Crippen LogP contribution in [-0.4, -0.2) is 53.3 Å². The molecule has 0 aromatic carbocycles. The van der Waals surface area contributed by atoms with E-state index in [1.807, 2.05) is 0 Å². The maximum absolute atomic E-state index is 12.4. The minimum atomic E-state index is -3.70. The summed E-state index contributed by atoms with van der Waals surface area (Å²) in [5.41, 5.74) is -0.623. The summed E-state index contributed by atoms with van der Waals surface area (Å²) in [6.07, 6.45) is 3.32. The molecule has 7 nitrogen and oxygen atoms in total. The summed E-state index contributed by atoms with van der Waals surface area (Å²) in [4.78, 5) is 21.2. The third-order valence-electron chi connectivity index (χ3n) is 3.29.